The van der Waals surface area contributed by atoms with Gasteiger partial charge >= 0.3 is 18.5 Å². The van der Waals surface area contributed by atoms with Crippen molar-refractivity contribution in [2.75, 3.05) is 0 Å². The second kappa shape index (κ2) is 50.8. The van der Waals surface area contributed by atoms with Crippen LogP contribution in [0.2, 0.25) is 0 Å². The maximum Gasteiger partial charge on any atom is 0.421 e. The minimum absolute atomic E-state index is 0. The zero-order valence-electron chi connectivity index (χ0n) is 74.9. The fraction of sp³-hybridized carbons (Fsp3) is 0.0842. The van der Waals surface area contributed by atoms with Crippen molar-refractivity contribution in [1.29, 1.82) is 0 Å². The third-order valence-corrected chi connectivity index (χ3v) is 37.8. The first-order valence-electron chi connectivity index (χ1n) is 41.1. The van der Waals surface area contributed by atoms with Crippen LogP contribution in [0.25, 0.3) is 34.0 Å². The molecular formula is C95H76F9Ir3N24O6P6-3. The molecule has 18 aromatic heterocycles. The molecule has 30 nitrogen and oxygen atoms in total. The van der Waals surface area contributed by atoms with Gasteiger partial charge in [-0.1, -0.05) is 19.4 Å². The number of halogens is 9. The quantitative estimate of drug-likeness (QED) is 0.0408. The molecule has 18 rings (SSSR count). The summed E-state index contributed by atoms with van der Waals surface area (Å²) < 4.78 is 170. The van der Waals surface area contributed by atoms with E-state index in [0.717, 1.165) is 23.3 Å². The van der Waals surface area contributed by atoms with Gasteiger partial charge in [-0.25, -0.2) is 13.5 Å². The standard InChI is InChI=1S/3C20H17N5O2P2.2C12H9F3N3.C11H7F3N3.3Ir/c3*26-28(17-1-9-21-10-2-17,18-3-11-22-12-4-18)25-29(27,19-5-13-23-14-6-19)20-7-15-24-16-8-20;1-7-5-16-11(17-6-7)9-3-8(2)18-10(4-9)12(13,14)15;1-7-5-16-11(17-6-7)9-3-4-10(12(13,14)15)18-8(9)2;1-7-8(9-6-15-4-5-16-9)2-3-10(17-7)11(12,13)14;;;/h3*1-16,26H;3,5-6H,1-2H3;4-6H,1-2H3;3-6H,1H3;;;/q;;;3*-1;;;. The molecule has 0 aromatic carbocycles. The second-order valence-electron chi connectivity index (χ2n) is 29.3. The molecule has 0 aliphatic carbocycles. The van der Waals surface area contributed by atoms with Crippen molar-refractivity contribution in [3.8, 4) is 34.0 Å². The maximum atomic E-state index is 14.4. The van der Waals surface area contributed by atoms with Crippen LogP contribution in [0.15, 0.2) is 369 Å². The number of hydrogen-bond acceptors (Lipinski definition) is 24. The molecule has 143 heavy (non-hydrogen) atoms. The topological polar surface area (TPSA) is 420 Å². The predicted molar refractivity (Wildman–Crippen MR) is 515 cm³/mol. The molecule has 0 spiro atoms. The van der Waals surface area contributed by atoms with Crippen LogP contribution in [-0.2, 0) is 92.5 Å². The van der Waals surface area contributed by atoms with Gasteiger partial charge in [0.25, 0.3) is 0 Å². The molecule has 0 amide bonds. The zero-order chi connectivity index (χ0) is 99.6. The average Bonchev–Trinajstić information content (AvgIpc) is 0.757. The van der Waals surface area contributed by atoms with E-state index in [4.69, 9.17) is 13.5 Å². The summed E-state index contributed by atoms with van der Waals surface area (Å²) in [5.41, 5.74) is 0.849. The van der Waals surface area contributed by atoms with Crippen LogP contribution >= 0.6 is 43.7 Å². The summed E-state index contributed by atoms with van der Waals surface area (Å²) in [5, 5.41) is 6.26. The summed E-state index contributed by atoms with van der Waals surface area (Å²) in [7, 11) is -20.9. The van der Waals surface area contributed by atoms with Crippen molar-refractivity contribution in [1.82, 2.24) is 105 Å². The monoisotopic (exact) mass is 2580 g/mol. The van der Waals surface area contributed by atoms with Gasteiger partial charge in [-0.3, -0.25) is 93.4 Å². The second-order valence-corrected chi connectivity index (χ2v) is 44.7. The Balaban J connectivity index is 0.000000178. The molecule has 18 aromatic rings. The van der Waals surface area contributed by atoms with E-state index < -0.39 is 79.3 Å². The molecule has 3 N–H and O–H groups in total. The van der Waals surface area contributed by atoms with E-state index in [2.05, 4.69) is 123 Å². The molecule has 735 valence electrons. The van der Waals surface area contributed by atoms with Gasteiger partial charge in [-0.15, -0.1) is 47.5 Å². The van der Waals surface area contributed by atoms with E-state index in [0.29, 0.717) is 86.3 Å². The first-order valence-corrected chi connectivity index (χ1v) is 51.2. The Kier molecular flexibility index (Phi) is 39.8. The van der Waals surface area contributed by atoms with Gasteiger partial charge in [0.2, 0.25) is 21.9 Å². The van der Waals surface area contributed by atoms with Crippen molar-refractivity contribution in [3.05, 3.63) is 419 Å². The van der Waals surface area contributed by atoms with Gasteiger partial charge < -0.3 is 39.6 Å². The van der Waals surface area contributed by atoms with E-state index >= 15 is 0 Å². The minimum atomic E-state index is -4.52. The molecule has 0 unspecified atom stereocenters. The number of rotatable bonds is 18. The van der Waals surface area contributed by atoms with Gasteiger partial charge in [0.1, 0.15) is 21.8 Å². The molecule has 0 saturated carbocycles. The van der Waals surface area contributed by atoms with E-state index in [1.807, 2.05) is 6.92 Å². The van der Waals surface area contributed by atoms with Gasteiger partial charge in [0, 0.05) is 328 Å². The van der Waals surface area contributed by atoms with Crippen molar-refractivity contribution in [2.24, 2.45) is 13.5 Å². The van der Waals surface area contributed by atoms with Crippen LogP contribution in [0.4, 0.5) is 39.5 Å². The Morgan fingerprint density at radius 3 is 0.741 bits per heavy atom. The van der Waals surface area contributed by atoms with Crippen LogP contribution < -0.4 is 63.7 Å². The number of hydrogen-bond donors (Lipinski definition) is 3. The van der Waals surface area contributed by atoms with E-state index in [1.54, 1.807) is 326 Å². The number of pyridine rings is 15. The molecule has 48 heteroatoms. The predicted octanol–water partition coefficient (Wildman–Crippen LogP) is 15.4. The van der Waals surface area contributed by atoms with Crippen LogP contribution in [0, 0.1) is 52.8 Å². The first-order chi connectivity index (χ1) is 67.1. The van der Waals surface area contributed by atoms with Crippen LogP contribution in [0.3, 0.4) is 0 Å². The van der Waals surface area contributed by atoms with Crippen LogP contribution in [0.1, 0.15) is 45.3 Å². The summed E-state index contributed by atoms with van der Waals surface area (Å²) >= 11 is 0. The Labute approximate surface area is 854 Å². The molecule has 18 heterocycles. The van der Waals surface area contributed by atoms with Gasteiger partial charge in [-0.05, 0) is 195 Å². The summed E-state index contributed by atoms with van der Waals surface area (Å²) in [6.45, 7) is 8.07. The normalized spacial score (nSPS) is 11.4. The van der Waals surface area contributed by atoms with Crippen molar-refractivity contribution < 1.29 is 128 Å². The van der Waals surface area contributed by atoms with E-state index in [9.17, 15) is 67.9 Å². The number of aromatic nitrogens is 21. The van der Waals surface area contributed by atoms with Gasteiger partial charge in [0.05, 0.1) is 22.9 Å². The zero-order valence-corrected chi connectivity index (χ0v) is 87.4. The summed E-state index contributed by atoms with van der Waals surface area (Å²) in [4.78, 5) is 118. The molecule has 0 aliphatic heterocycles. The fourth-order valence-electron chi connectivity index (χ4n) is 12.8. The van der Waals surface area contributed by atoms with Crippen LogP contribution in [-0.4, -0.2) is 119 Å². The fourth-order valence-corrected chi connectivity index (χ4v) is 30.4. The molecule has 3 radical (unpaired) electrons. The maximum absolute atomic E-state index is 14.4. The SMILES string of the molecule is Cc1cnc(-c2[c-]c(C(F)(F)F)nc(C)c2)nc1.Cc1cnc(-c2[c-]cc(C(F)(F)F)nc2C)nc1.Cc1nc(C(F)(F)F)c[c-]c1-c1cnccn1.O=P(N=P(O)(c1ccncc1)c1ccncc1)(c1ccncc1)c1ccncc1.O=P(N=P(O)(c1ccncc1)c1ccncc1)(c1ccncc1)c1ccncc1.O=P(N=P(O)(c1ccncc1)c1ccncc1)(c1ccncc1)c1ccncc1.[Ir].[Ir].[Ir]. The number of nitrogens with zero attached hydrogens (tertiary/aromatic N) is 24. The molecular weight excluding hydrogens is 2510 g/mol. The molecule has 0 atom stereocenters. The Hall–Kier alpha value is -12.9. The van der Waals surface area contributed by atoms with Crippen LogP contribution in [0.5, 0.6) is 0 Å². The molecule has 0 aliphatic rings. The summed E-state index contributed by atoms with van der Waals surface area (Å²) in [5.74, 6) is 0.524. The minimum Gasteiger partial charge on any atom is -0.353 e. The average molecular weight is 2580 g/mol. The number of aryl methyl sites for hydroxylation is 5. The third-order valence-electron chi connectivity index (χ3n) is 19.6. The largest absolute Gasteiger partial charge is 0.421 e. The summed E-state index contributed by atoms with van der Waals surface area (Å²) in [6, 6.07) is 50.7. The molecule has 0 fully saturated rings. The Bertz CT molecular complexity index is 6780. The third kappa shape index (κ3) is 28.8. The van der Waals surface area contributed by atoms with Gasteiger partial charge in [-0.2, -0.15) is 39.5 Å². The molecule has 0 saturated heterocycles. The number of alkyl halides is 9. The van der Waals surface area contributed by atoms with E-state index in [-0.39, 0.29) is 88.8 Å². The Morgan fingerprint density at radius 1 is 0.280 bits per heavy atom. The smallest absolute Gasteiger partial charge is 0.353 e. The van der Waals surface area contributed by atoms with Gasteiger partial charge in [0.15, 0.2) is 0 Å². The Morgan fingerprint density at radius 2 is 0.517 bits per heavy atom. The van der Waals surface area contributed by atoms with Crippen molar-refractivity contribution in [3.63, 3.8) is 0 Å². The summed E-state index contributed by atoms with van der Waals surface area (Å²) in [6.07, 6.45) is 35.0. The van der Waals surface area contributed by atoms with E-state index in [1.165, 1.54) is 45.4 Å². The van der Waals surface area contributed by atoms with Crippen molar-refractivity contribution in [2.45, 2.75) is 53.1 Å². The first kappa shape index (κ1) is 112. The van der Waals surface area contributed by atoms with Crippen molar-refractivity contribution >= 4 is 107 Å². The molecule has 0 bridgehead atoms.